The molecule has 12 heteroatoms. The first-order valence-electron chi connectivity index (χ1n) is 12.5. The minimum absolute atomic E-state index is 0.000293. The van der Waals surface area contributed by atoms with Crippen molar-refractivity contribution in [3.63, 3.8) is 0 Å². The topological polar surface area (TPSA) is 94.2 Å². The van der Waals surface area contributed by atoms with Crippen LogP contribution in [-0.2, 0) is 14.3 Å². The van der Waals surface area contributed by atoms with Crippen LogP contribution in [0.4, 0.5) is 27.6 Å². The van der Waals surface area contributed by atoms with E-state index >= 15 is 8.78 Å². The molecule has 40 heavy (non-hydrogen) atoms. The lowest BCUT2D eigenvalue weighted by Gasteiger charge is -2.46. The van der Waals surface area contributed by atoms with E-state index in [9.17, 15) is 21.6 Å². The molecule has 0 spiro atoms. The van der Waals surface area contributed by atoms with Crippen molar-refractivity contribution in [1.29, 1.82) is 10.5 Å². The lowest BCUT2D eigenvalue weighted by molar-refractivity contribution is -0.302. The molecule has 0 heterocycles. The van der Waals surface area contributed by atoms with E-state index in [1.54, 1.807) is 49.2 Å². The van der Waals surface area contributed by atoms with Crippen molar-refractivity contribution >= 4 is 32.2 Å². The number of allylic oxidation sites excluding steroid dienone is 2. The first-order valence-corrected chi connectivity index (χ1v) is 13.9. The fourth-order valence-electron chi connectivity index (χ4n) is 4.32. The number of likely N-dealkylation sites (N-methyl/N-ethyl adjacent to an activating group) is 1. The van der Waals surface area contributed by atoms with Gasteiger partial charge in [-0.1, -0.05) is 32.0 Å². The van der Waals surface area contributed by atoms with Gasteiger partial charge in [-0.15, -0.1) is 0 Å². The molecule has 0 aromatic heterocycles. The molecule has 0 aliphatic carbocycles. The molecular weight excluding hydrogens is 553 g/mol. The zero-order valence-corrected chi connectivity index (χ0v) is 24.0. The van der Waals surface area contributed by atoms with E-state index in [1.807, 2.05) is 18.2 Å². The Bertz CT molecular complexity index is 1460. The molecule has 0 bridgehead atoms. The number of fused-ring (bicyclic) bond motifs is 1. The summed E-state index contributed by atoms with van der Waals surface area (Å²) >= 11 is 0. The Kier molecular flexibility index (Phi) is 9.66. The van der Waals surface area contributed by atoms with Gasteiger partial charge in [-0.05, 0) is 73.7 Å². The van der Waals surface area contributed by atoms with Gasteiger partial charge in [0.25, 0.3) is 16.0 Å². The molecule has 2 rings (SSSR count). The molecule has 218 valence electrons. The van der Waals surface area contributed by atoms with Crippen molar-refractivity contribution in [2.45, 2.75) is 64.3 Å². The number of rotatable bonds is 11. The summed E-state index contributed by atoms with van der Waals surface area (Å²) in [6, 6.07) is 14.4. The van der Waals surface area contributed by atoms with Crippen molar-refractivity contribution in [3.8, 4) is 12.1 Å². The van der Waals surface area contributed by atoms with Crippen LogP contribution in [-0.4, -0.2) is 45.5 Å². The molecule has 0 radical (unpaired) electrons. The molecule has 0 aliphatic heterocycles. The van der Waals surface area contributed by atoms with Gasteiger partial charge in [0, 0.05) is 19.3 Å². The molecule has 0 amide bonds. The number of alkyl halides is 5. The van der Waals surface area contributed by atoms with Crippen LogP contribution in [0.15, 0.2) is 42.0 Å². The van der Waals surface area contributed by atoms with Gasteiger partial charge in [-0.25, -0.2) is 8.78 Å². The minimum Gasteiger partial charge on any atom is -0.372 e. The first kappa shape index (κ1) is 33.0. The molecule has 6 nitrogen and oxygen atoms in total. The van der Waals surface area contributed by atoms with E-state index in [1.165, 1.54) is 0 Å². The predicted molar refractivity (Wildman–Crippen MR) is 144 cm³/mol. The van der Waals surface area contributed by atoms with Crippen LogP contribution < -0.4 is 4.90 Å². The van der Waals surface area contributed by atoms with Crippen LogP contribution in [0.3, 0.4) is 0 Å². The number of nitrogens with zero attached hydrogens (tertiary/aromatic N) is 3. The maximum Gasteiger partial charge on any atom is 0.400 e. The standard InChI is InChI=1S/C28H32F5N3O3S/c1-7-25(4,28(31,32)33)27(29,30)26(5,8-2)40(37,38)39-14-13-36(6)24-12-11-21-15-20(9-10-22(21)16-24)19(3)23(17-34)18-35/h9-12,15-16H,7-8,13-14H2,1-6H3. The second-order valence-electron chi connectivity index (χ2n) is 10.0. The smallest absolute Gasteiger partial charge is 0.372 e. The summed E-state index contributed by atoms with van der Waals surface area (Å²) in [7, 11) is -3.53. The number of halogens is 5. The van der Waals surface area contributed by atoms with Gasteiger partial charge in [0.1, 0.15) is 23.1 Å². The third kappa shape index (κ3) is 5.65. The van der Waals surface area contributed by atoms with Gasteiger partial charge < -0.3 is 4.90 Å². The van der Waals surface area contributed by atoms with Crippen molar-refractivity contribution in [3.05, 3.63) is 47.5 Å². The van der Waals surface area contributed by atoms with Gasteiger partial charge in [0.2, 0.25) is 0 Å². The Balaban J connectivity index is 2.25. The second-order valence-corrected chi connectivity index (χ2v) is 12.1. The molecule has 2 aromatic carbocycles. The number of anilines is 1. The molecule has 2 atom stereocenters. The zero-order chi connectivity index (χ0) is 30.7. The summed E-state index contributed by atoms with van der Waals surface area (Å²) in [6.07, 6.45) is -7.17. The minimum atomic E-state index is -5.35. The van der Waals surface area contributed by atoms with Gasteiger partial charge in [-0.2, -0.15) is 32.1 Å². The fraction of sp³-hybridized carbons (Fsp3) is 0.500. The quantitative estimate of drug-likeness (QED) is 0.157. The summed E-state index contributed by atoms with van der Waals surface area (Å²) in [5.74, 6) is -4.68. The van der Waals surface area contributed by atoms with E-state index in [0.29, 0.717) is 30.7 Å². The van der Waals surface area contributed by atoms with Crippen LogP contribution in [0.25, 0.3) is 16.3 Å². The number of hydrogen-bond donors (Lipinski definition) is 0. The van der Waals surface area contributed by atoms with Crippen LogP contribution in [0.2, 0.25) is 0 Å². The highest BCUT2D eigenvalue weighted by molar-refractivity contribution is 7.88. The summed E-state index contributed by atoms with van der Waals surface area (Å²) in [6.45, 7) is 4.00. The summed E-state index contributed by atoms with van der Waals surface area (Å²) in [5, 5.41) is 19.8. The highest BCUT2D eigenvalue weighted by Crippen LogP contribution is 2.58. The second kappa shape index (κ2) is 11.7. The maximum atomic E-state index is 15.5. The van der Waals surface area contributed by atoms with Crippen LogP contribution in [0.5, 0.6) is 0 Å². The summed E-state index contributed by atoms with van der Waals surface area (Å²) < 4.78 is 99.7. The number of benzene rings is 2. The lowest BCUT2D eigenvalue weighted by atomic mass is 9.73. The third-order valence-electron chi connectivity index (χ3n) is 7.88. The van der Waals surface area contributed by atoms with E-state index in [2.05, 4.69) is 0 Å². The summed E-state index contributed by atoms with van der Waals surface area (Å²) in [5.41, 5.74) is -1.71. The average molecular weight is 586 g/mol. The Labute approximate surface area is 231 Å². The van der Waals surface area contributed by atoms with Crippen LogP contribution >= 0.6 is 0 Å². The first-order chi connectivity index (χ1) is 18.4. The zero-order valence-electron chi connectivity index (χ0n) is 23.2. The average Bonchev–Trinajstić information content (AvgIpc) is 2.90. The summed E-state index contributed by atoms with van der Waals surface area (Å²) in [4.78, 5) is 1.62. The monoisotopic (exact) mass is 585 g/mol. The van der Waals surface area contributed by atoms with Crippen molar-refractivity contribution in [2.75, 3.05) is 25.1 Å². The van der Waals surface area contributed by atoms with Gasteiger partial charge in [0.15, 0.2) is 4.75 Å². The Hall–Kier alpha value is -3.22. The molecule has 0 saturated carbocycles. The predicted octanol–water partition coefficient (Wildman–Crippen LogP) is 7.23. The van der Waals surface area contributed by atoms with Crippen molar-refractivity contribution < 1.29 is 34.6 Å². The van der Waals surface area contributed by atoms with E-state index in [0.717, 1.165) is 24.6 Å². The third-order valence-corrected chi connectivity index (χ3v) is 10.0. The van der Waals surface area contributed by atoms with Gasteiger partial charge in [0.05, 0.1) is 6.61 Å². The number of nitriles is 2. The number of hydrogen-bond acceptors (Lipinski definition) is 6. The van der Waals surface area contributed by atoms with Crippen LogP contribution in [0.1, 0.15) is 53.0 Å². The van der Waals surface area contributed by atoms with Gasteiger partial charge >= 0.3 is 6.18 Å². The Morgan fingerprint density at radius 1 is 0.950 bits per heavy atom. The molecule has 0 saturated heterocycles. The SMILES string of the molecule is CCC(C)(C(F)(F)F)C(F)(F)C(C)(CC)S(=O)(=O)OCCN(C)c1ccc2cc(C(C)=C(C#N)C#N)ccc2c1. The van der Waals surface area contributed by atoms with Gasteiger partial charge in [-0.3, -0.25) is 4.18 Å². The molecule has 2 aromatic rings. The van der Waals surface area contributed by atoms with Crippen LogP contribution in [0, 0.1) is 28.1 Å². The largest absolute Gasteiger partial charge is 0.400 e. The fourth-order valence-corrected chi connectivity index (χ4v) is 5.77. The van der Waals surface area contributed by atoms with E-state index in [-0.39, 0.29) is 12.1 Å². The molecule has 0 N–H and O–H groups in total. The Morgan fingerprint density at radius 3 is 2.00 bits per heavy atom. The molecule has 0 aliphatic rings. The maximum absolute atomic E-state index is 15.5. The van der Waals surface area contributed by atoms with E-state index in [4.69, 9.17) is 14.7 Å². The molecule has 0 fully saturated rings. The Morgan fingerprint density at radius 2 is 1.50 bits per heavy atom. The highest BCUT2D eigenvalue weighted by Gasteiger charge is 2.74. The normalized spacial score (nSPS) is 15.4. The molecular formula is C28H32F5N3O3S. The lowest BCUT2D eigenvalue weighted by Crippen LogP contribution is -2.64. The molecule has 2 unspecified atom stereocenters. The highest BCUT2D eigenvalue weighted by atomic mass is 32.2. The van der Waals surface area contributed by atoms with Crippen molar-refractivity contribution in [2.24, 2.45) is 5.41 Å². The van der Waals surface area contributed by atoms with Crippen molar-refractivity contribution in [1.82, 2.24) is 0 Å². The van der Waals surface area contributed by atoms with E-state index < -0.39 is 51.8 Å².